The highest BCUT2D eigenvalue weighted by Crippen LogP contribution is 2.35. The molecule has 1 saturated heterocycles. The van der Waals surface area contributed by atoms with Crippen LogP contribution in [0.3, 0.4) is 0 Å². The Hall–Kier alpha value is -3.50. The van der Waals surface area contributed by atoms with Crippen LogP contribution in [0, 0.1) is 0 Å². The van der Waals surface area contributed by atoms with Gasteiger partial charge in [-0.3, -0.25) is 19.3 Å². The van der Waals surface area contributed by atoms with Crippen LogP contribution >= 0.6 is 23.4 Å². The van der Waals surface area contributed by atoms with Crippen molar-refractivity contribution in [2.45, 2.75) is 13.3 Å². The number of rotatable bonds is 9. The quantitative estimate of drug-likeness (QED) is 0.379. The van der Waals surface area contributed by atoms with Crippen LogP contribution in [0.25, 0.3) is 6.08 Å². The first-order valence-corrected chi connectivity index (χ1v) is 11.7. The van der Waals surface area contributed by atoms with Crippen molar-refractivity contribution in [3.05, 3.63) is 57.5 Å². The number of esters is 1. The molecular weight excluding hydrogens is 496 g/mol. The van der Waals surface area contributed by atoms with Gasteiger partial charge >= 0.3 is 5.97 Å². The topological polar surface area (TPSA) is 111 Å². The molecule has 0 atom stereocenters. The molecule has 9 nitrogen and oxygen atoms in total. The fourth-order valence-electron chi connectivity index (χ4n) is 3.11. The molecule has 0 saturated carbocycles. The highest BCUT2D eigenvalue weighted by Gasteiger charge is 2.36. The van der Waals surface area contributed by atoms with Gasteiger partial charge in [0.25, 0.3) is 11.1 Å². The molecule has 3 amide bonds. The van der Waals surface area contributed by atoms with Gasteiger partial charge in [0.05, 0.1) is 36.3 Å². The Morgan fingerprint density at radius 3 is 2.57 bits per heavy atom. The lowest BCUT2D eigenvalue weighted by Crippen LogP contribution is -2.36. The second kappa shape index (κ2) is 11.8. The molecule has 184 valence electrons. The number of ether oxygens (including phenoxy) is 3. The fraction of sp³-hybridized carbons (Fsp3) is 0.250. The zero-order valence-corrected chi connectivity index (χ0v) is 20.8. The number of halogens is 1. The van der Waals surface area contributed by atoms with E-state index in [0.717, 1.165) is 4.90 Å². The summed E-state index contributed by atoms with van der Waals surface area (Å²) >= 11 is 6.79. The van der Waals surface area contributed by atoms with Crippen molar-refractivity contribution in [3.63, 3.8) is 0 Å². The monoisotopic (exact) mass is 518 g/mol. The molecule has 2 aromatic rings. The zero-order valence-electron chi connectivity index (χ0n) is 19.3. The minimum absolute atomic E-state index is 0.0965. The smallest absolute Gasteiger partial charge is 0.339 e. The summed E-state index contributed by atoms with van der Waals surface area (Å²) in [6.07, 6.45) is 2.16. The summed E-state index contributed by atoms with van der Waals surface area (Å²) in [5.41, 5.74) is 0.913. The molecule has 0 aromatic heterocycles. The maximum atomic E-state index is 12.8. The Kier molecular flexibility index (Phi) is 8.78. The molecule has 35 heavy (non-hydrogen) atoms. The lowest BCUT2D eigenvalue weighted by molar-refractivity contribution is -0.127. The number of methoxy groups -OCH3 is 2. The van der Waals surface area contributed by atoms with E-state index in [-0.39, 0.29) is 27.8 Å². The number of imide groups is 1. The summed E-state index contributed by atoms with van der Waals surface area (Å²) in [5, 5.41) is 2.16. The lowest BCUT2D eigenvalue weighted by atomic mass is 10.1. The van der Waals surface area contributed by atoms with Gasteiger partial charge in [0.2, 0.25) is 5.91 Å². The second-order valence-corrected chi connectivity index (χ2v) is 8.65. The van der Waals surface area contributed by atoms with Crippen molar-refractivity contribution < 1.29 is 33.4 Å². The summed E-state index contributed by atoms with van der Waals surface area (Å²) in [6.45, 7) is 1.59. The van der Waals surface area contributed by atoms with Crippen LogP contribution in [-0.2, 0) is 14.3 Å². The molecule has 1 aliphatic heterocycles. The summed E-state index contributed by atoms with van der Waals surface area (Å²) in [7, 11) is 3.00. The van der Waals surface area contributed by atoms with E-state index < -0.39 is 29.6 Å². The molecular formula is C24H23ClN2O7S. The number of hydrogen-bond acceptors (Lipinski definition) is 8. The molecule has 0 radical (unpaired) electrons. The number of anilines is 1. The maximum absolute atomic E-state index is 12.8. The molecule has 0 spiro atoms. The van der Waals surface area contributed by atoms with E-state index >= 15 is 0 Å². The second-order valence-electron chi connectivity index (χ2n) is 7.25. The summed E-state index contributed by atoms with van der Waals surface area (Å²) < 4.78 is 15.6. The largest absolute Gasteiger partial charge is 0.497 e. The minimum Gasteiger partial charge on any atom is -0.497 e. The van der Waals surface area contributed by atoms with Gasteiger partial charge in [0.1, 0.15) is 18.0 Å². The molecule has 1 aliphatic rings. The van der Waals surface area contributed by atoms with Crippen molar-refractivity contribution in [1.29, 1.82) is 0 Å². The fourth-order valence-corrected chi connectivity index (χ4v) is 4.13. The van der Waals surface area contributed by atoms with Gasteiger partial charge in [-0.1, -0.05) is 18.5 Å². The highest BCUT2D eigenvalue weighted by atomic mass is 35.5. The van der Waals surface area contributed by atoms with Crippen molar-refractivity contribution in [3.8, 4) is 11.5 Å². The van der Waals surface area contributed by atoms with E-state index in [4.69, 9.17) is 25.8 Å². The van der Waals surface area contributed by atoms with Gasteiger partial charge in [0.15, 0.2) is 0 Å². The van der Waals surface area contributed by atoms with Gasteiger partial charge in [-0.05, 0) is 60.7 Å². The summed E-state index contributed by atoms with van der Waals surface area (Å²) in [5.74, 6) is -0.803. The van der Waals surface area contributed by atoms with Gasteiger partial charge in [-0.25, -0.2) is 4.79 Å². The Labute approximate surface area is 211 Å². The minimum atomic E-state index is -0.622. The summed E-state index contributed by atoms with van der Waals surface area (Å²) in [6, 6.07) is 9.38. The van der Waals surface area contributed by atoms with Crippen molar-refractivity contribution in [2.24, 2.45) is 0 Å². The molecule has 0 unspecified atom stereocenters. The van der Waals surface area contributed by atoms with E-state index in [9.17, 15) is 19.2 Å². The third kappa shape index (κ3) is 6.34. The molecule has 3 rings (SSSR count). The SMILES string of the molecule is CCCOC(=O)c1cc(NC(=O)CN2C(=O)S/C(=C/c3cc(OC)ccc3OC)C2=O)ccc1Cl. The molecule has 0 bridgehead atoms. The first-order chi connectivity index (χ1) is 16.8. The Balaban J connectivity index is 1.72. The van der Waals surface area contributed by atoms with Crippen LogP contribution in [0.15, 0.2) is 41.3 Å². The van der Waals surface area contributed by atoms with Crippen LogP contribution < -0.4 is 14.8 Å². The van der Waals surface area contributed by atoms with Gasteiger partial charge in [-0.2, -0.15) is 0 Å². The third-order valence-corrected chi connectivity index (χ3v) is 6.04. The van der Waals surface area contributed by atoms with Gasteiger partial charge in [-0.15, -0.1) is 0 Å². The highest BCUT2D eigenvalue weighted by molar-refractivity contribution is 8.18. The van der Waals surface area contributed by atoms with E-state index in [1.54, 1.807) is 18.2 Å². The number of nitrogens with one attached hydrogen (secondary N) is 1. The van der Waals surface area contributed by atoms with Crippen LogP contribution in [0.1, 0.15) is 29.3 Å². The predicted octanol–water partition coefficient (Wildman–Crippen LogP) is 4.60. The number of thioether (sulfide) groups is 1. The van der Waals surface area contributed by atoms with E-state index in [2.05, 4.69) is 5.32 Å². The predicted molar refractivity (Wildman–Crippen MR) is 133 cm³/mol. The standard InChI is InChI=1S/C24H23ClN2O7S/c1-4-9-34-23(30)17-12-15(5-7-18(17)25)26-21(28)13-27-22(29)20(35-24(27)31)11-14-10-16(32-2)6-8-19(14)33-3/h5-8,10-12H,4,9,13H2,1-3H3,(H,26,28)/b20-11+. The number of benzene rings is 2. The van der Waals surface area contributed by atoms with Crippen LogP contribution in [0.5, 0.6) is 11.5 Å². The number of carbonyl (C=O) groups is 4. The van der Waals surface area contributed by atoms with Crippen LogP contribution in [-0.4, -0.2) is 55.3 Å². The Bertz CT molecular complexity index is 1200. The third-order valence-electron chi connectivity index (χ3n) is 4.81. The van der Waals surface area contributed by atoms with Gasteiger partial charge in [0, 0.05) is 11.3 Å². The maximum Gasteiger partial charge on any atom is 0.339 e. The molecule has 11 heteroatoms. The zero-order chi connectivity index (χ0) is 25.5. The molecule has 1 heterocycles. The molecule has 2 aromatic carbocycles. The van der Waals surface area contributed by atoms with E-state index in [0.29, 0.717) is 35.2 Å². The van der Waals surface area contributed by atoms with Crippen LogP contribution in [0.2, 0.25) is 5.02 Å². The average molecular weight is 519 g/mol. The first-order valence-electron chi connectivity index (χ1n) is 10.5. The molecule has 0 aliphatic carbocycles. The number of hydrogen-bond donors (Lipinski definition) is 1. The first kappa shape index (κ1) is 26.1. The lowest BCUT2D eigenvalue weighted by Gasteiger charge is -2.13. The van der Waals surface area contributed by atoms with Crippen molar-refractivity contribution >= 4 is 58.1 Å². The normalized spacial score (nSPS) is 14.3. The molecule has 1 N–H and O–H groups in total. The van der Waals surface area contributed by atoms with E-state index in [1.807, 2.05) is 6.92 Å². The van der Waals surface area contributed by atoms with E-state index in [1.165, 1.54) is 38.5 Å². The Morgan fingerprint density at radius 1 is 1.11 bits per heavy atom. The van der Waals surface area contributed by atoms with Gasteiger partial charge < -0.3 is 19.5 Å². The van der Waals surface area contributed by atoms with Crippen LogP contribution in [0.4, 0.5) is 10.5 Å². The number of amides is 3. The Morgan fingerprint density at radius 2 is 1.89 bits per heavy atom. The number of nitrogens with zero attached hydrogens (tertiary/aromatic N) is 1. The average Bonchev–Trinajstić information content (AvgIpc) is 3.10. The summed E-state index contributed by atoms with van der Waals surface area (Å²) in [4.78, 5) is 51.0. The van der Waals surface area contributed by atoms with Crippen molar-refractivity contribution in [2.75, 3.05) is 32.7 Å². The molecule has 1 fully saturated rings. The van der Waals surface area contributed by atoms with Crippen molar-refractivity contribution in [1.82, 2.24) is 4.90 Å². The number of carbonyl (C=O) groups excluding carboxylic acids is 4.